The first-order chi connectivity index (χ1) is 13.9. The Balaban J connectivity index is 1.55. The molecule has 1 aliphatic heterocycles. The standard InChI is InChI=1S/C21H25FN6O/c1-26-6-4-17(5-7-26)28(3)21(29)11-16-9-14-8-15(20-13-27(2)25-24-20)10-19(22)18(14)12-23-16/h8-10,12-13,17H,4-7,11H2,1-3H3. The van der Waals surface area contributed by atoms with Crippen LogP contribution in [0, 0.1) is 5.82 Å². The average Bonchev–Trinajstić information content (AvgIpc) is 3.14. The summed E-state index contributed by atoms with van der Waals surface area (Å²) in [5.41, 5.74) is 1.89. The predicted octanol–water partition coefficient (Wildman–Crippen LogP) is 2.26. The van der Waals surface area contributed by atoms with Gasteiger partial charge in [0.05, 0.1) is 18.3 Å². The molecule has 0 N–H and O–H groups in total. The highest BCUT2D eigenvalue weighted by Crippen LogP contribution is 2.26. The highest BCUT2D eigenvalue weighted by atomic mass is 19.1. The Morgan fingerprint density at radius 3 is 2.69 bits per heavy atom. The van der Waals surface area contributed by atoms with Crippen LogP contribution in [0.2, 0.25) is 0 Å². The van der Waals surface area contributed by atoms with E-state index in [-0.39, 0.29) is 24.2 Å². The summed E-state index contributed by atoms with van der Waals surface area (Å²) >= 11 is 0. The van der Waals surface area contributed by atoms with Crippen LogP contribution in [0.1, 0.15) is 18.5 Å². The number of likely N-dealkylation sites (tertiary alicyclic amines) is 1. The SMILES string of the molecule is CN1CCC(N(C)C(=O)Cc2cc3cc(-c4cn(C)nn4)cc(F)c3cn2)CC1. The number of pyridine rings is 1. The maximum Gasteiger partial charge on any atom is 0.228 e. The summed E-state index contributed by atoms with van der Waals surface area (Å²) in [5.74, 6) is -0.325. The number of amides is 1. The van der Waals surface area contributed by atoms with E-state index >= 15 is 0 Å². The minimum atomic E-state index is -0.364. The minimum absolute atomic E-state index is 0.0388. The number of likely N-dealkylation sites (N-methyl/N-ethyl adjacent to an activating group) is 1. The maximum absolute atomic E-state index is 14.6. The number of carbonyl (C=O) groups is 1. The molecule has 0 radical (unpaired) electrons. The lowest BCUT2D eigenvalue weighted by molar-refractivity contribution is -0.132. The summed E-state index contributed by atoms with van der Waals surface area (Å²) in [6.07, 6.45) is 5.41. The van der Waals surface area contributed by atoms with Crippen LogP contribution in [0.5, 0.6) is 0 Å². The molecule has 29 heavy (non-hydrogen) atoms. The van der Waals surface area contributed by atoms with E-state index in [1.807, 2.05) is 18.0 Å². The number of nitrogens with zero attached hydrogens (tertiary/aromatic N) is 6. The van der Waals surface area contributed by atoms with Gasteiger partial charge >= 0.3 is 0 Å². The van der Waals surface area contributed by atoms with Crippen molar-refractivity contribution in [3.05, 3.63) is 42.1 Å². The Hall–Kier alpha value is -2.87. The summed E-state index contributed by atoms with van der Waals surface area (Å²) < 4.78 is 16.1. The number of hydrogen-bond donors (Lipinski definition) is 0. The van der Waals surface area contributed by atoms with Crippen LogP contribution in [-0.2, 0) is 18.3 Å². The fraction of sp³-hybridized carbons (Fsp3) is 0.429. The van der Waals surface area contributed by atoms with Gasteiger partial charge in [-0.2, -0.15) is 0 Å². The Bertz CT molecular complexity index is 1040. The predicted molar refractivity (Wildman–Crippen MR) is 109 cm³/mol. The summed E-state index contributed by atoms with van der Waals surface area (Å²) in [5, 5.41) is 9.09. The van der Waals surface area contributed by atoms with E-state index in [0.29, 0.717) is 27.7 Å². The van der Waals surface area contributed by atoms with Gasteiger partial charge in [-0.15, -0.1) is 5.10 Å². The van der Waals surface area contributed by atoms with Crippen LogP contribution < -0.4 is 0 Å². The zero-order valence-corrected chi connectivity index (χ0v) is 17.0. The number of halogens is 1. The average molecular weight is 396 g/mol. The topological polar surface area (TPSA) is 67.2 Å². The van der Waals surface area contributed by atoms with Gasteiger partial charge < -0.3 is 9.80 Å². The molecule has 0 aliphatic carbocycles. The molecule has 3 aromatic rings. The lowest BCUT2D eigenvalue weighted by Gasteiger charge is -2.35. The van der Waals surface area contributed by atoms with Gasteiger partial charge in [0.2, 0.25) is 5.91 Å². The van der Waals surface area contributed by atoms with Crippen molar-refractivity contribution in [1.29, 1.82) is 0 Å². The first-order valence-corrected chi connectivity index (χ1v) is 9.80. The second-order valence-corrected chi connectivity index (χ2v) is 7.85. The zero-order valence-electron chi connectivity index (χ0n) is 17.0. The minimum Gasteiger partial charge on any atom is -0.342 e. The summed E-state index contributed by atoms with van der Waals surface area (Å²) in [7, 11) is 5.74. The van der Waals surface area contributed by atoms with Crippen molar-refractivity contribution in [3.8, 4) is 11.3 Å². The van der Waals surface area contributed by atoms with Gasteiger partial charge in [0, 0.05) is 37.3 Å². The number of aromatic nitrogens is 4. The van der Waals surface area contributed by atoms with Gasteiger partial charge in [0.25, 0.3) is 0 Å². The number of aryl methyl sites for hydroxylation is 1. The van der Waals surface area contributed by atoms with Crippen molar-refractivity contribution in [1.82, 2.24) is 29.8 Å². The molecule has 0 saturated carbocycles. The fourth-order valence-electron chi connectivity index (χ4n) is 3.85. The molecule has 0 bridgehead atoms. The molecule has 0 atom stereocenters. The molecule has 1 aromatic carbocycles. The van der Waals surface area contributed by atoms with E-state index in [9.17, 15) is 9.18 Å². The third-order valence-electron chi connectivity index (χ3n) is 5.70. The lowest BCUT2D eigenvalue weighted by Crippen LogP contribution is -2.45. The Kier molecular flexibility index (Phi) is 5.27. The van der Waals surface area contributed by atoms with Crippen molar-refractivity contribution in [2.45, 2.75) is 25.3 Å². The third-order valence-corrected chi connectivity index (χ3v) is 5.70. The van der Waals surface area contributed by atoms with E-state index in [4.69, 9.17) is 0 Å². The highest BCUT2D eigenvalue weighted by Gasteiger charge is 2.24. The molecule has 3 heterocycles. The van der Waals surface area contributed by atoms with Crippen LogP contribution in [0.25, 0.3) is 22.0 Å². The molecule has 8 heteroatoms. The molecule has 1 saturated heterocycles. The van der Waals surface area contributed by atoms with Gasteiger partial charge in [-0.25, -0.2) is 4.39 Å². The number of benzene rings is 1. The molecular formula is C21H25FN6O. The molecule has 1 aliphatic rings. The van der Waals surface area contributed by atoms with Crippen LogP contribution >= 0.6 is 0 Å². The van der Waals surface area contributed by atoms with E-state index in [1.54, 1.807) is 24.0 Å². The smallest absolute Gasteiger partial charge is 0.228 e. The van der Waals surface area contributed by atoms with E-state index < -0.39 is 0 Å². The largest absolute Gasteiger partial charge is 0.342 e. The fourth-order valence-corrected chi connectivity index (χ4v) is 3.85. The molecule has 1 amide bonds. The number of fused-ring (bicyclic) bond motifs is 1. The maximum atomic E-state index is 14.6. The number of carbonyl (C=O) groups excluding carboxylic acids is 1. The van der Waals surface area contributed by atoms with Gasteiger partial charge in [-0.1, -0.05) is 5.21 Å². The van der Waals surface area contributed by atoms with Crippen molar-refractivity contribution in [3.63, 3.8) is 0 Å². The molecular weight excluding hydrogens is 371 g/mol. The summed E-state index contributed by atoms with van der Waals surface area (Å²) in [6, 6.07) is 5.35. The molecule has 7 nitrogen and oxygen atoms in total. The van der Waals surface area contributed by atoms with Gasteiger partial charge in [-0.05, 0) is 56.6 Å². The van der Waals surface area contributed by atoms with Crippen LogP contribution in [0.4, 0.5) is 4.39 Å². The number of hydrogen-bond acceptors (Lipinski definition) is 5. The monoisotopic (exact) mass is 396 g/mol. The molecule has 1 fully saturated rings. The number of rotatable bonds is 4. The van der Waals surface area contributed by atoms with Crippen molar-refractivity contribution in [2.24, 2.45) is 7.05 Å². The Morgan fingerprint density at radius 1 is 1.24 bits per heavy atom. The van der Waals surface area contributed by atoms with E-state index in [1.165, 1.54) is 12.3 Å². The van der Waals surface area contributed by atoms with Crippen LogP contribution in [0.15, 0.2) is 30.6 Å². The first kappa shape index (κ1) is 19.4. The Morgan fingerprint density at radius 2 is 2.00 bits per heavy atom. The van der Waals surface area contributed by atoms with Gasteiger partial charge in [0.1, 0.15) is 11.5 Å². The Labute approximate surface area is 169 Å². The van der Waals surface area contributed by atoms with Gasteiger partial charge in [0.15, 0.2) is 0 Å². The third kappa shape index (κ3) is 4.12. The molecule has 0 unspecified atom stereocenters. The van der Waals surface area contributed by atoms with Crippen molar-refractivity contribution >= 4 is 16.7 Å². The second-order valence-electron chi connectivity index (χ2n) is 7.85. The van der Waals surface area contributed by atoms with Crippen LogP contribution in [-0.4, -0.2) is 68.9 Å². The summed E-state index contributed by atoms with van der Waals surface area (Å²) in [4.78, 5) is 21.2. The molecule has 0 spiro atoms. The molecule has 2 aromatic heterocycles. The van der Waals surface area contributed by atoms with E-state index in [0.717, 1.165) is 25.9 Å². The molecule has 4 rings (SSSR count). The molecule has 152 valence electrons. The van der Waals surface area contributed by atoms with Crippen LogP contribution in [0.3, 0.4) is 0 Å². The second kappa shape index (κ2) is 7.87. The summed E-state index contributed by atoms with van der Waals surface area (Å²) in [6.45, 7) is 2.00. The first-order valence-electron chi connectivity index (χ1n) is 9.80. The number of piperidine rings is 1. The quantitative estimate of drug-likeness (QED) is 0.677. The highest BCUT2D eigenvalue weighted by molar-refractivity contribution is 5.88. The zero-order chi connectivity index (χ0) is 20.5. The van der Waals surface area contributed by atoms with Crippen molar-refractivity contribution in [2.75, 3.05) is 27.2 Å². The normalized spacial score (nSPS) is 15.7. The van der Waals surface area contributed by atoms with Gasteiger partial charge in [-0.3, -0.25) is 14.5 Å². The lowest BCUT2D eigenvalue weighted by atomic mass is 10.0. The van der Waals surface area contributed by atoms with Crippen molar-refractivity contribution < 1.29 is 9.18 Å². The van der Waals surface area contributed by atoms with E-state index in [2.05, 4.69) is 27.2 Å².